The van der Waals surface area contributed by atoms with E-state index in [1.807, 2.05) is 20.8 Å². The van der Waals surface area contributed by atoms with Crippen molar-refractivity contribution in [3.8, 4) is 5.75 Å². The minimum Gasteiger partial charge on any atom is -0.491 e. The van der Waals surface area contributed by atoms with Crippen LogP contribution in [0.25, 0.3) is 0 Å². The van der Waals surface area contributed by atoms with Crippen LogP contribution in [0.15, 0.2) is 53.4 Å². The Hall–Kier alpha value is -2.34. The predicted octanol–water partition coefficient (Wildman–Crippen LogP) is 3.76. The van der Waals surface area contributed by atoms with Crippen LogP contribution in [0.4, 0.5) is 0 Å². The number of hydrogen-bond acceptors (Lipinski definition) is 4. The van der Waals surface area contributed by atoms with Crippen molar-refractivity contribution in [1.29, 1.82) is 0 Å². The van der Waals surface area contributed by atoms with E-state index in [4.69, 9.17) is 4.74 Å². The third-order valence-electron chi connectivity index (χ3n) is 3.91. The van der Waals surface area contributed by atoms with E-state index in [2.05, 4.69) is 5.32 Å². The number of sulfone groups is 1. The molecule has 0 aromatic heterocycles. The van der Waals surface area contributed by atoms with Crippen molar-refractivity contribution in [1.82, 2.24) is 5.32 Å². The molecule has 0 saturated carbocycles. The van der Waals surface area contributed by atoms with E-state index >= 15 is 0 Å². The van der Waals surface area contributed by atoms with Gasteiger partial charge in [-0.1, -0.05) is 19.1 Å². The van der Waals surface area contributed by atoms with Crippen molar-refractivity contribution in [3.63, 3.8) is 0 Å². The number of amides is 1. The van der Waals surface area contributed by atoms with Gasteiger partial charge in [0.05, 0.1) is 17.0 Å². The molecule has 0 aliphatic heterocycles. The molecule has 26 heavy (non-hydrogen) atoms. The van der Waals surface area contributed by atoms with Crippen LogP contribution in [0.1, 0.15) is 49.2 Å². The molecule has 0 fully saturated rings. The number of hydrogen-bond donors (Lipinski definition) is 1. The Morgan fingerprint density at radius 1 is 1.04 bits per heavy atom. The first-order valence-corrected chi connectivity index (χ1v) is 10.5. The second-order valence-corrected chi connectivity index (χ2v) is 8.48. The number of rotatable bonds is 7. The van der Waals surface area contributed by atoms with Crippen molar-refractivity contribution < 1.29 is 17.9 Å². The zero-order valence-corrected chi connectivity index (χ0v) is 16.3. The molecule has 0 heterocycles. The van der Waals surface area contributed by atoms with Gasteiger partial charge in [-0.3, -0.25) is 4.79 Å². The van der Waals surface area contributed by atoms with E-state index in [0.717, 1.165) is 11.3 Å². The van der Waals surface area contributed by atoms with Crippen LogP contribution in [0.3, 0.4) is 0 Å². The first kappa shape index (κ1) is 20.0. The summed E-state index contributed by atoms with van der Waals surface area (Å²) in [5.74, 6) is 0.542. The van der Waals surface area contributed by atoms with Gasteiger partial charge in [0.15, 0.2) is 9.84 Å². The summed E-state index contributed by atoms with van der Waals surface area (Å²) in [5, 5.41) is 2.99. The molecule has 0 saturated heterocycles. The van der Waals surface area contributed by atoms with Crippen LogP contribution in [0.5, 0.6) is 5.75 Å². The first-order valence-electron chi connectivity index (χ1n) is 8.58. The van der Waals surface area contributed by atoms with Gasteiger partial charge < -0.3 is 10.1 Å². The molecule has 5 nitrogen and oxygen atoms in total. The Morgan fingerprint density at radius 2 is 1.62 bits per heavy atom. The van der Waals surface area contributed by atoms with Crippen molar-refractivity contribution >= 4 is 15.7 Å². The molecule has 0 aliphatic carbocycles. The first-order chi connectivity index (χ1) is 12.2. The highest BCUT2D eigenvalue weighted by Gasteiger charge is 2.15. The fourth-order valence-corrected chi connectivity index (χ4v) is 3.20. The van der Waals surface area contributed by atoms with Crippen LogP contribution >= 0.6 is 0 Å². The van der Waals surface area contributed by atoms with Gasteiger partial charge >= 0.3 is 0 Å². The third-order valence-corrected chi connectivity index (χ3v) is 5.04. The van der Waals surface area contributed by atoms with Gasteiger partial charge in [0.25, 0.3) is 5.91 Å². The van der Waals surface area contributed by atoms with E-state index in [-0.39, 0.29) is 22.9 Å². The zero-order valence-electron chi connectivity index (χ0n) is 15.5. The van der Waals surface area contributed by atoms with Crippen LogP contribution in [0.2, 0.25) is 0 Å². The Balaban J connectivity index is 2.10. The Kier molecular flexibility index (Phi) is 6.42. The quantitative estimate of drug-likeness (QED) is 0.800. The second kappa shape index (κ2) is 8.36. The maximum absolute atomic E-state index is 12.5. The Bertz CT molecular complexity index is 840. The van der Waals surface area contributed by atoms with E-state index in [0.29, 0.717) is 12.0 Å². The standard InChI is InChI=1S/C20H25NO4S/c1-5-19(15-8-12-18(13-9-15)26(4,23)24)21-20(22)16-6-10-17(11-7-16)25-14(2)3/h6-14,19H,5H2,1-4H3,(H,21,22). The van der Waals surface area contributed by atoms with Gasteiger partial charge in [-0.2, -0.15) is 0 Å². The van der Waals surface area contributed by atoms with E-state index in [9.17, 15) is 13.2 Å². The SMILES string of the molecule is CCC(NC(=O)c1ccc(OC(C)C)cc1)c1ccc(S(C)(=O)=O)cc1. The van der Waals surface area contributed by atoms with Crippen LogP contribution in [-0.4, -0.2) is 26.7 Å². The molecule has 6 heteroatoms. The molecule has 1 amide bonds. The van der Waals surface area contributed by atoms with Crippen LogP contribution in [-0.2, 0) is 9.84 Å². The maximum atomic E-state index is 12.5. The van der Waals surface area contributed by atoms with E-state index < -0.39 is 9.84 Å². The van der Waals surface area contributed by atoms with Gasteiger partial charge in [0.1, 0.15) is 5.75 Å². The minimum atomic E-state index is -3.23. The normalized spacial score (nSPS) is 12.7. The molecule has 2 rings (SSSR count). The third kappa shape index (κ3) is 5.33. The average molecular weight is 375 g/mol. The maximum Gasteiger partial charge on any atom is 0.251 e. The topological polar surface area (TPSA) is 72.5 Å². The van der Waals surface area contributed by atoms with Gasteiger partial charge in [-0.25, -0.2) is 8.42 Å². The predicted molar refractivity (Wildman–Crippen MR) is 102 cm³/mol. The molecule has 140 valence electrons. The molecule has 1 unspecified atom stereocenters. The van der Waals surface area contributed by atoms with Crippen molar-refractivity contribution in [2.75, 3.05) is 6.26 Å². The highest BCUT2D eigenvalue weighted by atomic mass is 32.2. The fraction of sp³-hybridized carbons (Fsp3) is 0.350. The molecule has 0 aliphatic rings. The van der Waals surface area contributed by atoms with E-state index in [1.165, 1.54) is 6.26 Å². The molecule has 2 aromatic carbocycles. The number of nitrogens with one attached hydrogen (secondary N) is 1. The molecule has 1 atom stereocenters. The summed E-state index contributed by atoms with van der Waals surface area (Å²) in [4.78, 5) is 12.8. The van der Waals surface area contributed by atoms with Gasteiger partial charge in [0.2, 0.25) is 0 Å². The molecule has 1 N–H and O–H groups in total. The number of carbonyl (C=O) groups is 1. The lowest BCUT2D eigenvalue weighted by Crippen LogP contribution is -2.28. The van der Waals surface area contributed by atoms with Crippen LogP contribution < -0.4 is 10.1 Å². The lowest BCUT2D eigenvalue weighted by atomic mass is 10.0. The molecular formula is C20H25NO4S. The summed E-state index contributed by atoms with van der Waals surface area (Å²) in [6.45, 7) is 5.86. The summed E-state index contributed by atoms with van der Waals surface area (Å²) in [5.41, 5.74) is 1.42. The lowest BCUT2D eigenvalue weighted by Gasteiger charge is -2.18. The van der Waals surface area contributed by atoms with Crippen molar-refractivity contribution in [2.45, 2.75) is 44.2 Å². The van der Waals surface area contributed by atoms with Crippen molar-refractivity contribution in [3.05, 3.63) is 59.7 Å². The Labute approximate surface area is 155 Å². The zero-order chi connectivity index (χ0) is 19.3. The van der Waals surface area contributed by atoms with E-state index in [1.54, 1.807) is 48.5 Å². The lowest BCUT2D eigenvalue weighted by molar-refractivity contribution is 0.0935. The summed E-state index contributed by atoms with van der Waals surface area (Å²) < 4.78 is 28.7. The average Bonchev–Trinajstić information content (AvgIpc) is 2.59. The largest absolute Gasteiger partial charge is 0.491 e. The fourth-order valence-electron chi connectivity index (χ4n) is 2.57. The summed E-state index contributed by atoms with van der Waals surface area (Å²) in [6.07, 6.45) is 1.95. The summed E-state index contributed by atoms with van der Waals surface area (Å²) in [6, 6.07) is 13.4. The summed E-state index contributed by atoms with van der Waals surface area (Å²) >= 11 is 0. The Morgan fingerprint density at radius 3 is 2.08 bits per heavy atom. The summed E-state index contributed by atoms with van der Waals surface area (Å²) in [7, 11) is -3.23. The molecule has 0 bridgehead atoms. The van der Waals surface area contributed by atoms with Gasteiger partial charge in [0, 0.05) is 11.8 Å². The van der Waals surface area contributed by atoms with Gasteiger partial charge in [-0.05, 0) is 62.2 Å². The van der Waals surface area contributed by atoms with Crippen LogP contribution in [0, 0.1) is 0 Å². The molecular weight excluding hydrogens is 350 g/mol. The molecule has 0 spiro atoms. The highest BCUT2D eigenvalue weighted by molar-refractivity contribution is 7.90. The number of benzene rings is 2. The van der Waals surface area contributed by atoms with Crippen molar-refractivity contribution in [2.24, 2.45) is 0 Å². The van der Waals surface area contributed by atoms with Gasteiger partial charge in [-0.15, -0.1) is 0 Å². The number of carbonyl (C=O) groups excluding carboxylic acids is 1. The highest BCUT2D eigenvalue weighted by Crippen LogP contribution is 2.20. The smallest absolute Gasteiger partial charge is 0.251 e. The molecule has 0 radical (unpaired) electrons. The number of ether oxygens (including phenoxy) is 1. The minimum absolute atomic E-state index is 0.0778. The molecule has 2 aromatic rings. The second-order valence-electron chi connectivity index (χ2n) is 6.47. The monoisotopic (exact) mass is 375 g/mol.